The fourth-order valence-electron chi connectivity index (χ4n) is 7.66. The van der Waals surface area contributed by atoms with Crippen molar-refractivity contribution >= 4 is 23.7 Å². The number of nitrogens with zero attached hydrogens (tertiary/aromatic N) is 3. The molecule has 0 aromatic heterocycles. The van der Waals surface area contributed by atoms with Crippen LogP contribution in [0.25, 0.3) is 0 Å². The normalized spacial score (nSPS) is 33.0. The molecular formula is C36H49N3O7. The number of amides is 3. The zero-order valence-corrected chi connectivity index (χ0v) is 27.5. The largest absolute Gasteiger partial charge is 0.455 e. The molecule has 0 saturated carbocycles. The van der Waals surface area contributed by atoms with Crippen molar-refractivity contribution in [3.05, 3.63) is 60.2 Å². The zero-order valence-electron chi connectivity index (χ0n) is 27.5. The van der Waals surface area contributed by atoms with Gasteiger partial charge in [0, 0.05) is 39.2 Å². The number of allylic oxidation sites excluding steroid dienone is 1. The van der Waals surface area contributed by atoms with Gasteiger partial charge in [-0.3, -0.25) is 19.2 Å². The van der Waals surface area contributed by atoms with Gasteiger partial charge in [0.2, 0.25) is 17.7 Å². The topological polar surface area (TPSA) is 117 Å². The number of esters is 1. The molecule has 2 fully saturated rings. The molecule has 46 heavy (non-hydrogen) atoms. The van der Waals surface area contributed by atoms with Gasteiger partial charge < -0.3 is 29.3 Å². The number of likely N-dealkylation sites (N-methyl/N-ethyl adjacent to an activating group) is 1. The second kappa shape index (κ2) is 14.5. The van der Waals surface area contributed by atoms with Gasteiger partial charge in [0.05, 0.1) is 18.1 Å². The molecule has 1 aromatic carbocycles. The number of rotatable bonds is 9. The quantitative estimate of drug-likeness (QED) is 0.249. The second-order valence-electron chi connectivity index (χ2n) is 13.2. The Balaban J connectivity index is 1.58. The minimum atomic E-state index is -1.29. The fourth-order valence-corrected chi connectivity index (χ4v) is 7.66. The van der Waals surface area contributed by atoms with E-state index in [1.807, 2.05) is 67.3 Å². The Hall–Kier alpha value is -3.50. The lowest BCUT2D eigenvalue weighted by atomic mass is 9.74. The van der Waals surface area contributed by atoms with E-state index in [9.17, 15) is 24.3 Å². The van der Waals surface area contributed by atoms with Crippen LogP contribution in [0.5, 0.6) is 0 Å². The highest BCUT2D eigenvalue weighted by Crippen LogP contribution is 2.56. The summed E-state index contributed by atoms with van der Waals surface area (Å²) in [6, 6.07) is 7.82. The number of unbranched alkanes of at least 4 members (excludes halogenated alkanes) is 2. The minimum absolute atomic E-state index is 0.0563. The molecule has 1 aromatic rings. The van der Waals surface area contributed by atoms with Crippen molar-refractivity contribution in [1.82, 2.24) is 14.7 Å². The van der Waals surface area contributed by atoms with Crippen molar-refractivity contribution in [1.29, 1.82) is 0 Å². The molecule has 0 radical (unpaired) electrons. The molecule has 0 aliphatic carbocycles. The first kappa shape index (κ1) is 33.9. The standard InChI is InChI=1S/C36H49N3O7/c1-5-15-24(2)38-21-12-7-11-18-28(41)37(4)25(3)31(26-16-9-6-10-17-26)45-35(44)29-27-19-20-36(46-27)30(29)33(42)39(32(36)34(38)43)22-13-8-14-23-40/h6-7,9-10,12,16-17,19-20,24-25,27,29-32,40H,5,8,11,13-15,18,21-23H2,1-4H3/b12-7-/t24?,25-,27+,29-,30-,31+,32+,36-/m1/s1. The summed E-state index contributed by atoms with van der Waals surface area (Å²) in [5, 5.41) is 9.35. The lowest BCUT2D eigenvalue weighted by Crippen LogP contribution is -2.57. The molecule has 1 spiro atoms. The number of aliphatic hydroxyl groups excluding tert-OH is 1. The predicted molar refractivity (Wildman–Crippen MR) is 172 cm³/mol. The van der Waals surface area contributed by atoms with E-state index >= 15 is 0 Å². The highest BCUT2D eigenvalue weighted by Gasteiger charge is 2.73. The molecule has 250 valence electrons. The van der Waals surface area contributed by atoms with E-state index < -0.39 is 47.7 Å². The second-order valence-corrected chi connectivity index (χ2v) is 13.2. The highest BCUT2D eigenvalue weighted by molar-refractivity contribution is 5.99. The molecule has 5 bridgehead atoms. The van der Waals surface area contributed by atoms with Crippen molar-refractivity contribution < 1.29 is 33.8 Å². The SMILES string of the molecule is CCCC(C)N1C/C=C\CCC(=O)N(C)[C@H](C)[C@@H](c2ccccc2)OC(=O)[C@@H]2[C@@H]3C=C[C@]4(O3)[C@H](C1=O)N(CCCCCO)C(=O)[C@@H]24. The summed E-state index contributed by atoms with van der Waals surface area (Å²) in [5.41, 5.74) is -0.547. The van der Waals surface area contributed by atoms with Crippen molar-refractivity contribution in [2.45, 2.75) is 102 Å². The monoisotopic (exact) mass is 635 g/mol. The molecule has 8 atom stereocenters. The van der Waals surface area contributed by atoms with Gasteiger partial charge in [0.25, 0.3) is 0 Å². The number of hydrogen-bond donors (Lipinski definition) is 1. The van der Waals surface area contributed by atoms with E-state index in [2.05, 4.69) is 6.92 Å². The number of hydrogen-bond acceptors (Lipinski definition) is 7. The van der Waals surface area contributed by atoms with Crippen LogP contribution in [0.3, 0.4) is 0 Å². The Morgan fingerprint density at radius 1 is 1.04 bits per heavy atom. The van der Waals surface area contributed by atoms with Crippen LogP contribution in [0.15, 0.2) is 54.6 Å². The maximum absolute atomic E-state index is 14.7. The summed E-state index contributed by atoms with van der Waals surface area (Å²) in [5.74, 6) is -3.01. The number of likely N-dealkylation sites (tertiary alicyclic amines) is 1. The van der Waals surface area contributed by atoms with Crippen molar-refractivity contribution in [3.63, 3.8) is 0 Å². The Labute approximate surface area is 272 Å². The Kier molecular flexibility index (Phi) is 10.7. The van der Waals surface area contributed by atoms with Gasteiger partial charge in [-0.1, -0.05) is 68.0 Å². The molecule has 4 aliphatic rings. The van der Waals surface area contributed by atoms with Crippen LogP contribution in [-0.4, -0.2) is 100 Å². The van der Waals surface area contributed by atoms with E-state index in [1.165, 1.54) is 0 Å². The number of cyclic esters (lactones) is 1. The Morgan fingerprint density at radius 3 is 2.52 bits per heavy atom. The van der Waals surface area contributed by atoms with Crippen LogP contribution >= 0.6 is 0 Å². The Morgan fingerprint density at radius 2 is 1.80 bits per heavy atom. The van der Waals surface area contributed by atoms with Crippen LogP contribution in [-0.2, 0) is 28.7 Å². The van der Waals surface area contributed by atoms with Gasteiger partial charge in [-0.05, 0) is 51.5 Å². The minimum Gasteiger partial charge on any atom is -0.455 e. The average molecular weight is 636 g/mol. The lowest BCUT2D eigenvalue weighted by molar-refractivity contribution is -0.164. The molecule has 10 heteroatoms. The van der Waals surface area contributed by atoms with Crippen molar-refractivity contribution in [2.24, 2.45) is 11.8 Å². The van der Waals surface area contributed by atoms with E-state index in [4.69, 9.17) is 9.47 Å². The smallest absolute Gasteiger partial charge is 0.313 e. The third-order valence-electron chi connectivity index (χ3n) is 10.3. The van der Waals surface area contributed by atoms with E-state index in [1.54, 1.807) is 22.9 Å². The maximum Gasteiger partial charge on any atom is 0.313 e. The summed E-state index contributed by atoms with van der Waals surface area (Å²) in [6.07, 6.45) is 10.4. The number of benzene rings is 1. The maximum atomic E-state index is 14.7. The number of fused-ring (bicyclic) bond motifs is 2. The first-order valence-electron chi connectivity index (χ1n) is 16.9. The summed E-state index contributed by atoms with van der Waals surface area (Å²) in [6.45, 7) is 6.66. The van der Waals surface area contributed by atoms with Gasteiger partial charge in [-0.25, -0.2) is 0 Å². The third-order valence-corrected chi connectivity index (χ3v) is 10.3. The van der Waals surface area contributed by atoms with Gasteiger partial charge in [0.1, 0.15) is 23.7 Å². The van der Waals surface area contributed by atoms with Gasteiger partial charge in [-0.15, -0.1) is 0 Å². The number of aliphatic hydroxyl groups is 1. The van der Waals surface area contributed by atoms with Crippen LogP contribution in [0.2, 0.25) is 0 Å². The van der Waals surface area contributed by atoms with Gasteiger partial charge in [0.15, 0.2) is 0 Å². The molecule has 1 N–H and O–H groups in total. The average Bonchev–Trinajstić information content (AvgIpc) is 3.69. The van der Waals surface area contributed by atoms with E-state index in [0.29, 0.717) is 38.8 Å². The van der Waals surface area contributed by atoms with Crippen molar-refractivity contribution in [3.8, 4) is 0 Å². The van der Waals surface area contributed by atoms with Gasteiger partial charge >= 0.3 is 5.97 Å². The molecule has 3 amide bonds. The van der Waals surface area contributed by atoms with Crippen LogP contribution in [0.4, 0.5) is 0 Å². The summed E-state index contributed by atoms with van der Waals surface area (Å²) in [4.78, 5) is 61.7. The van der Waals surface area contributed by atoms with Crippen LogP contribution < -0.4 is 0 Å². The molecule has 2 saturated heterocycles. The highest BCUT2D eigenvalue weighted by atomic mass is 16.6. The molecule has 10 nitrogen and oxygen atoms in total. The Bertz CT molecular complexity index is 1330. The van der Waals surface area contributed by atoms with E-state index in [-0.39, 0.29) is 36.8 Å². The fraction of sp³-hybridized carbons (Fsp3) is 0.611. The van der Waals surface area contributed by atoms with Gasteiger partial charge in [-0.2, -0.15) is 0 Å². The first-order valence-corrected chi connectivity index (χ1v) is 16.9. The third kappa shape index (κ3) is 6.26. The molecule has 1 unspecified atom stereocenters. The van der Waals surface area contributed by atoms with Crippen LogP contribution in [0.1, 0.15) is 77.4 Å². The lowest BCUT2D eigenvalue weighted by Gasteiger charge is -2.38. The summed E-state index contributed by atoms with van der Waals surface area (Å²) >= 11 is 0. The van der Waals surface area contributed by atoms with Crippen molar-refractivity contribution in [2.75, 3.05) is 26.7 Å². The molecule has 4 aliphatic heterocycles. The molecule has 4 heterocycles. The summed E-state index contributed by atoms with van der Waals surface area (Å²) < 4.78 is 12.9. The zero-order chi connectivity index (χ0) is 33.0. The number of carbonyl (C=O) groups excluding carboxylic acids is 4. The predicted octanol–water partition coefficient (Wildman–Crippen LogP) is 3.80. The first-order chi connectivity index (χ1) is 22.2. The van der Waals surface area contributed by atoms with Crippen LogP contribution in [0, 0.1) is 11.8 Å². The summed E-state index contributed by atoms with van der Waals surface area (Å²) in [7, 11) is 1.72. The number of ether oxygens (including phenoxy) is 2. The number of carbonyl (C=O) groups is 4. The van der Waals surface area contributed by atoms with E-state index in [0.717, 1.165) is 18.4 Å². The molecule has 5 rings (SSSR count). The molecular weight excluding hydrogens is 586 g/mol.